The minimum Gasteiger partial charge on any atom is -0.481 e. The van der Waals surface area contributed by atoms with E-state index in [1.807, 2.05) is 0 Å². The number of aliphatic hydroxyl groups excluding tert-OH is 1. The van der Waals surface area contributed by atoms with Gasteiger partial charge in [0.05, 0.1) is 12.1 Å². The Balaban J connectivity index is 5.42. The van der Waals surface area contributed by atoms with Gasteiger partial charge >= 0.3 is 11.9 Å². The molecule has 15 nitrogen and oxygen atoms in total. The molecule has 0 fully saturated rings. The number of hydrogen-bond acceptors (Lipinski definition) is 9. The van der Waals surface area contributed by atoms with Crippen LogP contribution in [0.2, 0.25) is 0 Å². The predicted octanol–water partition coefficient (Wildman–Crippen LogP) is -3.51. The average molecular weight is 505 g/mol. The summed E-state index contributed by atoms with van der Waals surface area (Å²) in [5.41, 5.74) is 16.2. The summed E-state index contributed by atoms with van der Waals surface area (Å²) in [6, 6.07) is -5.57. The van der Waals surface area contributed by atoms with E-state index in [9.17, 15) is 39.0 Å². The van der Waals surface area contributed by atoms with Crippen molar-refractivity contribution >= 4 is 35.6 Å². The van der Waals surface area contributed by atoms with Gasteiger partial charge in [-0.05, 0) is 39.2 Å². The molecule has 15 heteroatoms. The van der Waals surface area contributed by atoms with E-state index in [0.29, 0.717) is 19.4 Å². The van der Waals surface area contributed by atoms with E-state index in [-0.39, 0.29) is 25.7 Å². The molecule has 0 saturated carbocycles. The van der Waals surface area contributed by atoms with Crippen molar-refractivity contribution in [1.82, 2.24) is 16.0 Å². The van der Waals surface area contributed by atoms with E-state index < -0.39 is 72.3 Å². The number of carboxylic acids is 2. The van der Waals surface area contributed by atoms with Crippen LogP contribution >= 0.6 is 0 Å². The van der Waals surface area contributed by atoms with Crippen molar-refractivity contribution in [3.8, 4) is 0 Å². The monoisotopic (exact) mass is 504 g/mol. The van der Waals surface area contributed by atoms with E-state index >= 15 is 0 Å². The van der Waals surface area contributed by atoms with Crippen molar-refractivity contribution in [2.45, 2.75) is 82.1 Å². The van der Waals surface area contributed by atoms with Gasteiger partial charge in [0.2, 0.25) is 23.6 Å². The number of nitrogens with two attached hydrogens (primary N) is 3. The fourth-order valence-corrected chi connectivity index (χ4v) is 2.92. The van der Waals surface area contributed by atoms with Crippen LogP contribution in [0.4, 0.5) is 0 Å². The highest BCUT2D eigenvalue weighted by molar-refractivity contribution is 5.94. The summed E-state index contributed by atoms with van der Waals surface area (Å²) in [6.07, 6.45) is -1.54. The lowest BCUT2D eigenvalue weighted by atomic mass is 10.1. The van der Waals surface area contributed by atoms with Crippen molar-refractivity contribution in [3.05, 3.63) is 0 Å². The number of carbonyl (C=O) groups excluding carboxylic acids is 4. The minimum atomic E-state index is -1.65. The third-order valence-electron chi connectivity index (χ3n) is 4.94. The maximum atomic E-state index is 12.8. The van der Waals surface area contributed by atoms with Gasteiger partial charge in [-0.2, -0.15) is 0 Å². The molecule has 5 atom stereocenters. The second kappa shape index (κ2) is 16.3. The van der Waals surface area contributed by atoms with Gasteiger partial charge in [0.1, 0.15) is 18.1 Å². The van der Waals surface area contributed by atoms with Crippen LogP contribution in [0.5, 0.6) is 0 Å². The maximum absolute atomic E-state index is 12.8. The number of rotatable bonds is 18. The fourth-order valence-electron chi connectivity index (χ4n) is 2.92. The third kappa shape index (κ3) is 13.2. The van der Waals surface area contributed by atoms with Crippen molar-refractivity contribution in [1.29, 1.82) is 0 Å². The number of carbonyl (C=O) groups is 6. The second-order valence-electron chi connectivity index (χ2n) is 8.02. The van der Waals surface area contributed by atoms with Crippen LogP contribution in [0, 0.1) is 0 Å². The summed E-state index contributed by atoms with van der Waals surface area (Å²) in [4.78, 5) is 71.0. The number of nitrogens with one attached hydrogen (secondary N) is 3. The molecule has 0 rings (SSSR count). The molecule has 12 N–H and O–H groups in total. The highest BCUT2D eigenvalue weighted by atomic mass is 16.4. The Kier molecular flexibility index (Phi) is 14.8. The van der Waals surface area contributed by atoms with E-state index in [0.717, 1.165) is 6.92 Å². The molecule has 0 aliphatic carbocycles. The molecular weight excluding hydrogens is 468 g/mol. The zero-order valence-electron chi connectivity index (χ0n) is 19.6. The fraction of sp³-hybridized carbons (Fsp3) is 0.700. The van der Waals surface area contributed by atoms with Crippen molar-refractivity contribution < 1.29 is 44.1 Å². The summed E-state index contributed by atoms with van der Waals surface area (Å²) in [7, 11) is 0. The van der Waals surface area contributed by atoms with E-state index in [2.05, 4.69) is 16.0 Å². The summed E-state index contributed by atoms with van der Waals surface area (Å²) in [5.74, 6) is -6.28. The summed E-state index contributed by atoms with van der Waals surface area (Å²) >= 11 is 0. The van der Waals surface area contributed by atoms with Gasteiger partial charge in [0, 0.05) is 12.8 Å². The van der Waals surface area contributed by atoms with Crippen LogP contribution in [0.15, 0.2) is 0 Å². The number of aliphatic carboxylic acids is 2. The van der Waals surface area contributed by atoms with Gasteiger partial charge in [-0.25, -0.2) is 4.79 Å². The van der Waals surface area contributed by atoms with Crippen LogP contribution in [-0.4, -0.2) is 87.7 Å². The molecule has 0 heterocycles. The zero-order valence-corrected chi connectivity index (χ0v) is 19.6. The molecule has 0 radical (unpaired) electrons. The van der Waals surface area contributed by atoms with Crippen molar-refractivity contribution in [2.75, 3.05) is 6.54 Å². The standard InChI is InChI=1S/C20H36N6O9/c1-10(27)16(19(33)25-13(20(34)35)5-7-14(23)28)26-18(32)12(6-8-15(29)30)24-17(31)11(22)4-2-3-9-21/h10-13,16,27H,2-9,21-22H2,1H3,(H2,23,28)(H,24,31)(H,25,33)(H,26,32)(H,29,30)(H,34,35). The molecule has 0 aromatic carbocycles. The molecule has 0 aromatic heterocycles. The third-order valence-corrected chi connectivity index (χ3v) is 4.94. The number of primary amides is 1. The summed E-state index contributed by atoms with van der Waals surface area (Å²) < 4.78 is 0. The van der Waals surface area contributed by atoms with Crippen molar-refractivity contribution in [2.24, 2.45) is 17.2 Å². The van der Waals surface area contributed by atoms with Gasteiger partial charge in [0.15, 0.2) is 0 Å². The molecule has 35 heavy (non-hydrogen) atoms. The topological polar surface area (TPSA) is 277 Å². The molecule has 0 aromatic rings. The molecule has 0 spiro atoms. The minimum absolute atomic E-state index is 0.275. The first-order valence-electron chi connectivity index (χ1n) is 11.1. The van der Waals surface area contributed by atoms with Gasteiger partial charge < -0.3 is 48.5 Å². The highest BCUT2D eigenvalue weighted by Crippen LogP contribution is 2.05. The highest BCUT2D eigenvalue weighted by Gasteiger charge is 2.33. The largest absolute Gasteiger partial charge is 0.481 e. The SMILES string of the molecule is CC(O)C(NC(=O)C(CCC(=O)O)NC(=O)C(N)CCCCN)C(=O)NC(CCC(N)=O)C(=O)O. The summed E-state index contributed by atoms with van der Waals surface area (Å²) in [5, 5.41) is 34.8. The molecule has 4 amide bonds. The lowest BCUT2D eigenvalue weighted by Gasteiger charge is -2.26. The van der Waals surface area contributed by atoms with Crippen LogP contribution in [-0.2, 0) is 28.8 Å². The lowest BCUT2D eigenvalue weighted by Crippen LogP contribution is -2.59. The molecule has 0 aliphatic rings. The average Bonchev–Trinajstić information content (AvgIpc) is 2.76. The quantitative estimate of drug-likeness (QED) is 0.0825. The van der Waals surface area contributed by atoms with Crippen LogP contribution in [0.1, 0.15) is 51.9 Å². The van der Waals surface area contributed by atoms with Crippen LogP contribution in [0.3, 0.4) is 0 Å². The first-order chi connectivity index (χ1) is 16.3. The van der Waals surface area contributed by atoms with Gasteiger partial charge in [0.25, 0.3) is 0 Å². The molecule has 200 valence electrons. The molecule has 0 aliphatic heterocycles. The van der Waals surface area contributed by atoms with Gasteiger partial charge in [-0.15, -0.1) is 0 Å². The first kappa shape index (κ1) is 31.7. The van der Waals surface area contributed by atoms with Crippen LogP contribution in [0.25, 0.3) is 0 Å². The smallest absolute Gasteiger partial charge is 0.326 e. The van der Waals surface area contributed by atoms with Gasteiger partial charge in [-0.1, -0.05) is 6.42 Å². The van der Waals surface area contributed by atoms with E-state index in [1.54, 1.807) is 0 Å². The molecule has 0 saturated heterocycles. The van der Waals surface area contributed by atoms with Crippen LogP contribution < -0.4 is 33.2 Å². The zero-order chi connectivity index (χ0) is 27.1. The molecule has 5 unspecified atom stereocenters. The Labute approximate surface area is 202 Å². The van der Waals surface area contributed by atoms with E-state index in [4.69, 9.17) is 22.3 Å². The second-order valence-corrected chi connectivity index (χ2v) is 8.02. The Morgan fingerprint density at radius 1 is 0.800 bits per heavy atom. The Bertz CT molecular complexity index is 761. The number of hydrogen-bond donors (Lipinski definition) is 9. The summed E-state index contributed by atoms with van der Waals surface area (Å²) in [6.45, 7) is 1.56. The Morgan fingerprint density at radius 3 is 1.86 bits per heavy atom. The molecule has 0 bridgehead atoms. The maximum Gasteiger partial charge on any atom is 0.326 e. The van der Waals surface area contributed by atoms with E-state index in [1.165, 1.54) is 0 Å². The number of aliphatic hydroxyl groups is 1. The van der Waals surface area contributed by atoms with Crippen molar-refractivity contribution in [3.63, 3.8) is 0 Å². The molecular formula is C20H36N6O9. The Morgan fingerprint density at radius 2 is 1.37 bits per heavy atom. The lowest BCUT2D eigenvalue weighted by molar-refractivity contribution is -0.143. The first-order valence-corrected chi connectivity index (χ1v) is 11.1. The normalized spacial score (nSPS) is 15.1. The number of carboxylic acid groups (broad SMARTS) is 2. The predicted molar refractivity (Wildman–Crippen MR) is 121 cm³/mol. The number of unbranched alkanes of at least 4 members (excludes halogenated alkanes) is 1. The number of amides is 4. The van der Waals surface area contributed by atoms with Gasteiger partial charge in [-0.3, -0.25) is 24.0 Å². The Hall–Kier alpha value is -3.30.